The van der Waals surface area contributed by atoms with Crippen molar-refractivity contribution in [2.24, 2.45) is 0 Å². The molecule has 0 amide bonds. The van der Waals surface area contributed by atoms with Crippen LogP contribution in [0.2, 0.25) is 0 Å². The summed E-state index contributed by atoms with van der Waals surface area (Å²) in [6.45, 7) is 0. The molecule has 5 aliphatic rings. The molecule has 4 fully saturated rings. The number of phenols is 8. The highest BCUT2D eigenvalue weighted by Crippen LogP contribution is 2.55. The minimum absolute atomic E-state index is 0.220. The van der Waals surface area contributed by atoms with Crippen LogP contribution in [0.1, 0.15) is 265 Å². The average molecular weight is 1120 g/mol. The largest absolute Gasteiger partial charge is 0.507 e. The lowest BCUT2D eigenvalue weighted by Crippen LogP contribution is -2.13. The van der Waals surface area contributed by atoms with E-state index in [0.29, 0.717) is 68.2 Å². The quantitative estimate of drug-likeness (QED) is 0.0746. The predicted molar refractivity (Wildman–Crippen MR) is 332 cm³/mol. The molecule has 0 unspecified atom stereocenters. The van der Waals surface area contributed by atoms with Crippen LogP contribution in [-0.2, 0) is 0 Å². The first-order valence-electron chi connectivity index (χ1n) is 31.6. The summed E-state index contributed by atoms with van der Waals surface area (Å²) in [4.78, 5) is 0. The van der Waals surface area contributed by atoms with E-state index in [2.05, 4.69) is 97.1 Å². The van der Waals surface area contributed by atoms with Crippen molar-refractivity contribution >= 4 is 0 Å². The molecule has 0 aliphatic heterocycles. The third kappa shape index (κ3) is 10.7. The van der Waals surface area contributed by atoms with Gasteiger partial charge in [0.2, 0.25) is 0 Å². The molecule has 0 atom stereocenters. The zero-order valence-electron chi connectivity index (χ0n) is 48.2. The van der Waals surface area contributed by atoms with Crippen LogP contribution in [0, 0.1) is 0 Å². The van der Waals surface area contributed by atoms with Crippen molar-refractivity contribution in [1.29, 1.82) is 0 Å². The van der Waals surface area contributed by atoms with Crippen molar-refractivity contribution in [3.63, 3.8) is 0 Å². The number of aromatic hydroxyl groups is 8. The number of benzene rings is 8. The monoisotopic (exact) mass is 1120 g/mol. The zero-order chi connectivity index (χ0) is 57.6. The molecule has 0 radical (unpaired) electrons. The highest BCUT2D eigenvalue weighted by atomic mass is 16.3. The maximum absolute atomic E-state index is 12.5. The first-order valence-corrected chi connectivity index (χ1v) is 31.6. The number of phenolic OH excluding ortho intramolecular Hbond substituents is 8. The zero-order valence-corrected chi connectivity index (χ0v) is 48.2. The van der Waals surface area contributed by atoms with Gasteiger partial charge in [0, 0.05) is 92.4 Å². The maximum atomic E-state index is 12.5. The summed E-state index contributed by atoms with van der Waals surface area (Å²) in [5, 5.41) is 100. The van der Waals surface area contributed by atoms with Gasteiger partial charge < -0.3 is 40.9 Å². The fourth-order valence-corrected chi connectivity index (χ4v) is 16.0. The Labute approximate surface area is 494 Å². The van der Waals surface area contributed by atoms with Gasteiger partial charge in [-0.3, -0.25) is 0 Å². The topological polar surface area (TPSA) is 162 Å². The van der Waals surface area contributed by atoms with E-state index in [-0.39, 0.29) is 46.0 Å². The van der Waals surface area contributed by atoms with Crippen LogP contribution in [-0.4, -0.2) is 40.9 Å². The summed E-state index contributed by atoms with van der Waals surface area (Å²) < 4.78 is 0. The Morgan fingerprint density at radius 3 is 0.476 bits per heavy atom. The van der Waals surface area contributed by atoms with Gasteiger partial charge in [-0.2, -0.15) is 0 Å². The summed E-state index contributed by atoms with van der Waals surface area (Å²) in [6.07, 6.45) is 23.1. The maximum Gasteiger partial charge on any atom is 0.123 e. The second-order valence-corrected chi connectivity index (χ2v) is 25.6. The molecule has 8 aromatic carbocycles. The van der Waals surface area contributed by atoms with Crippen LogP contribution < -0.4 is 0 Å². The smallest absolute Gasteiger partial charge is 0.123 e. The van der Waals surface area contributed by atoms with Crippen molar-refractivity contribution in [2.45, 2.75) is 176 Å². The second-order valence-electron chi connectivity index (χ2n) is 25.6. The summed E-state index contributed by atoms with van der Waals surface area (Å²) in [7, 11) is 0. The summed E-state index contributed by atoms with van der Waals surface area (Å²) >= 11 is 0. The molecule has 8 nitrogen and oxygen atoms in total. The molecule has 5 aliphatic carbocycles. The number of hydrogen-bond donors (Lipinski definition) is 8. The Hall–Kier alpha value is -7.84. The number of rotatable bonds is 8. The third-order valence-electron chi connectivity index (χ3n) is 20.6. The van der Waals surface area contributed by atoms with Crippen molar-refractivity contribution in [2.75, 3.05) is 0 Å². The summed E-state index contributed by atoms with van der Waals surface area (Å²) in [5.74, 6) is -3.69. The van der Waals surface area contributed by atoms with E-state index in [1.807, 2.05) is 0 Å². The van der Waals surface area contributed by atoms with Crippen LogP contribution in [0.25, 0.3) is 0 Å². The fraction of sp³-hybridized carbons (Fsp3) is 0.368. The predicted octanol–water partition coefficient (Wildman–Crippen LogP) is 18.6. The van der Waals surface area contributed by atoms with Gasteiger partial charge in [0.1, 0.15) is 46.0 Å². The first-order chi connectivity index (χ1) is 40.9. The molecule has 0 saturated heterocycles. The average Bonchev–Trinajstić information content (AvgIpc) is 2.11. The lowest BCUT2D eigenvalue weighted by atomic mass is 9.74. The third-order valence-corrected chi connectivity index (χ3v) is 20.6. The summed E-state index contributed by atoms with van der Waals surface area (Å²) in [5.41, 5.74) is 10.8. The molecule has 84 heavy (non-hydrogen) atoms. The van der Waals surface area contributed by atoms with Crippen molar-refractivity contribution in [1.82, 2.24) is 0 Å². The van der Waals surface area contributed by atoms with E-state index in [1.165, 1.54) is 124 Å². The second kappa shape index (κ2) is 23.7. The normalized spacial score (nSPS) is 21.0. The van der Waals surface area contributed by atoms with Gasteiger partial charge in [0.15, 0.2) is 0 Å². The standard InChI is InChI=1S/C76H80O8/c77-65-41-67(79)59-37-57(65)73(53-29-21-49(22-30-53)45-13-5-1-6-14-45)58-38-60(68(80)42-66(58)78)75(55-33-25-51(26-34-55)47-17-9-3-10-18-47)62-40-64(72(84)44-70(62)82)76(56-35-27-52(28-36-56)48-19-11-4-12-20-48)63-39-61(69(81)43-71(63)83)74(59)54-31-23-50(24-32-54)46-15-7-2-8-16-46/h21-48,73-84H,1-20H2/t73-,74-,75-,76-. The van der Waals surface area contributed by atoms with Gasteiger partial charge in [-0.25, -0.2) is 0 Å². The van der Waals surface area contributed by atoms with E-state index in [1.54, 1.807) is 24.3 Å². The molecule has 8 bridgehead atoms. The molecule has 8 aromatic rings. The molecule has 432 valence electrons. The molecule has 4 saturated carbocycles. The minimum Gasteiger partial charge on any atom is -0.507 e. The van der Waals surface area contributed by atoms with Crippen molar-refractivity contribution in [3.8, 4) is 46.0 Å². The van der Waals surface area contributed by atoms with Crippen molar-refractivity contribution < 1.29 is 40.9 Å². The molecule has 13 rings (SSSR count). The summed E-state index contributed by atoms with van der Waals surface area (Å²) in [6, 6.07) is 46.3. The number of hydrogen-bond acceptors (Lipinski definition) is 8. The Morgan fingerprint density at radius 1 is 0.179 bits per heavy atom. The molecular weight excluding hydrogens is 1040 g/mol. The molecule has 0 aromatic heterocycles. The van der Waals surface area contributed by atoms with Crippen molar-refractivity contribution in [3.05, 3.63) is 235 Å². The molecule has 8 heteroatoms. The minimum atomic E-state index is -0.894. The van der Waals surface area contributed by atoms with E-state index < -0.39 is 23.7 Å². The SMILES string of the molecule is Oc1cc(O)c2cc1[C@H](c1ccc(C3CCCCC3)cc1)c1cc(c(O)cc1O)[C@H](c1ccc(C3CCCCC3)cc1)c1cc(c(O)cc1O)[C@@H](c1ccc(C3CCCCC3)cc1)c1cc(c(O)cc1O)[C@H]2c1ccc(C2CCCCC2)cc1. The van der Waals surface area contributed by atoms with Crippen LogP contribution >= 0.6 is 0 Å². The Balaban J connectivity index is 1.09. The van der Waals surface area contributed by atoms with Gasteiger partial charge in [-0.1, -0.05) is 174 Å². The van der Waals surface area contributed by atoms with E-state index in [9.17, 15) is 40.9 Å². The Bertz CT molecular complexity index is 3050. The fourth-order valence-electron chi connectivity index (χ4n) is 16.0. The van der Waals surface area contributed by atoms with Crippen LogP contribution in [0.15, 0.2) is 146 Å². The molecule has 0 spiro atoms. The van der Waals surface area contributed by atoms with Crippen LogP contribution in [0.5, 0.6) is 46.0 Å². The highest BCUT2D eigenvalue weighted by Gasteiger charge is 2.36. The molecule has 0 heterocycles. The highest BCUT2D eigenvalue weighted by molar-refractivity contribution is 5.67. The Morgan fingerprint density at radius 2 is 0.321 bits per heavy atom. The van der Waals surface area contributed by atoms with Gasteiger partial charge in [0.05, 0.1) is 0 Å². The van der Waals surface area contributed by atoms with E-state index >= 15 is 0 Å². The lowest BCUT2D eigenvalue weighted by molar-refractivity contribution is 0.431. The van der Waals surface area contributed by atoms with E-state index in [0.717, 1.165) is 73.6 Å². The molecular formula is C76H80O8. The Kier molecular flexibility index (Phi) is 15.6. The lowest BCUT2D eigenvalue weighted by Gasteiger charge is -2.30. The molecule has 8 N–H and O–H groups in total. The van der Waals surface area contributed by atoms with Gasteiger partial charge in [-0.15, -0.1) is 0 Å². The van der Waals surface area contributed by atoms with Crippen LogP contribution in [0.3, 0.4) is 0 Å². The van der Waals surface area contributed by atoms with Gasteiger partial charge in [-0.05, 0) is 144 Å². The van der Waals surface area contributed by atoms with Crippen LogP contribution in [0.4, 0.5) is 0 Å². The van der Waals surface area contributed by atoms with Gasteiger partial charge in [0.25, 0.3) is 0 Å². The van der Waals surface area contributed by atoms with E-state index in [4.69, 9.17) is 0 Å². The number of fused-ring (bicyclic) bond motifs is 8. The van der Waals surface area contributed by atoms with Gasteiger partial charge >= 0.3 is 0 Å². The first kappa shape index (κ1) is 55.4.